The summed E-state index contributed by atoms with van der Waals surface area (Å²) in [5, 5.41) is 0.283. The van der Waals surface area contributed by atoms with Crippen molar-refractivity contribution in [1.82, 2.24) is 0 Å². The van der Waals surface area contributed by atoms with Crippen LogP contribution in [-0.2, 0) is 6.61 Å². The maximum atomic E-state index is 13.7. The van der Waals surface area contributed by atoms with Gasteiger partial charge in [0.25, 0.3) is 0 Å². The largest absolute Gasteiger partial charge is 0.497 e. The van der Waals surface area contributed by atoms with Crippen molar-refractivity contribution in [1.29, 1.82) is 0 Å². The summed E-state index contributed by atoms with van der Waals surface area (Å²) in [5.74, 6) is 0.0576. The van der Waals surface area contributed by atoms with Crippen LogP contribution in [0, 0.1) is 11.6 Å². The number of rotatable bonds is 6. The van der Waals surface area contributed by atoms with Gasteiger partial charge in [-0.05, 0) is 48.5 Å². The summed E-state index contributed by atoms with van der Waals surface area (Å²) in [6.45, 7) is -0.299. The van der Waals surface area contributed by atoms with Crippen molar-refractivity contribution in [3.63, 3.8) is 0 Å². The molecule has 4 aromatic rings. The minimum atomic E-state index is -0.692. The molecule has 7 heteroatoms. The molecule has 0 amide bonds. The van der Waals surface area contributed by atoms with Crippen LogP contribution in [-0.4, -0.2) is 7.11 Å². The first-order valence-electron chi connectivity index (χ1n) is 8.98. The zero-order chi connectivity index (χ0) is 21.1. The topological polar surface area (TPSA) is 57.9 Å². The van der Waals surface area contributed by atoms with Gasteiger partial charge in [-0.2, -0.15) is 0 Å². The Labute approximate surface area is 170 Å². The van der Waals surface area contributed by atoms with Crippen LogP contribution in [0.15, 0.2) is 76.1 Å². The molecule has 0 unspecified atom stereocenters. The van der Waals surface area contributed by atoms with Gasteiger partial charge in [0.15, 0.2) is 0 Å². The fourth-order valence-corrected chi connectivity index (χ4v) is 2.85. The molecule has 0 saturated heterocycles. The Bertz CT molecular complexity index is 1230. The molecule has 0 aliphatic heterocycles. The Kier molecular flexibility index (Phi) is 5.34. The van der Waals surface area contributed by atoms with E-state index in [0.717, 1.165) is 12.1 Å². The standard InChI is InChI=1S/C23H16F2O5/c1-27-14-5-7-15(8-6-14)30-22-13-29-21-11-16(9-10-17(21)23(22)26)28-12-18-19(24)3-2-4-20(18)25/h2-11,13H,12H2,1H3. The molecule has 0 fully saturated rings. The highest BCUT2D eigenvalue weighted by molar-refractivity contribution is 5.79. The molecular weight excluding hydrogens is 394 g/mol. The molecule has 0 saturated carbocycles. The molecule has 0 radical (unpaired) electrons. The zero-order valence-corrected chi connectivity index (χ0v) is 15.9. The monoisotopic (exact) mass is 410 g/mol. The predicted octanol–water partition coefficient (Wildman–Crippen LogP) is 5.45. The summed E-state index contributed by atoms with van der Waals surface area (Å²) in [4.78, 5) is 12.7. The van der Waals surface area contributed by atoms with E-state index in [1.807, 2.05) is 0 Å². The van der Waals surface area contributed by atoms with Crippen LogP contribution in [0.3, 0.4) is 0 Å². The summed E-state index contributed by atoms with van der Waals surface area (Å²) in [6.07, 6.45) is 1.20. The highest BCUT2D eigenvalue weighted by Crippen LogP contribution is 2.26. The second kappa shape index (κ2) is 8.24. The van der Waals surface area contributed by atoms with Crippen LogP contribution in [0.1, 0.15) is 5.56 Å². The van der Waals surface area contributed by atoms with Gasteiger partial charge in [-0.3, -0.25) is 4.79 Å². The van der Waals surface area contributed by atoms with E-state index in [0.29, 0.717) is 17.2 Å². The number of methoxy groups -OCH3 is 1. The Balaban J connectivity index is 1.55. The lowest BCUT2D eigenvalue weighted by molar-refractivity contribution is 0.292. The van der Waals surface area contributed by atoms with Crippen molar-refractivity contribution in [2.45, 2.75) is 6.61 Å². The van der Waals surface area contributed by atoms with Crippen LogP contribution in [0.4, 0.5) is 8.78 Å². The zero-order valence-electron chi connectivity index (χ0n) is 15.9. The Morgan fingerprint density at radius 2 is 1.57 bits per heavy atom. The highest BCUT2D eigenvalue weighted by Gasteiger charge is 2.12. The quantitative estimate of drug-likeness (QED) is 0.423. The number of hydrogen-bond donors (Lipinski definition) is 0. The fraction of sp³-hybridized carbons (Fsp3) is 0.0870. The summed E-state index contributed by atoms with van der Waals surface area (Å²) < 4.78 is 49.1. The minimum Gasteiger partial charge on any atom is -0.497 e. The summed E-state index contributed by atoms with van der Waals surface area (Å²) in [7, 11) is 1.55. The van der Waals surface area contributed by atoms with Gasteiger partial charge < -0.3 is 18.6 Å². The van der Waals surface area contributed by atoms with E-state index < -0.39 is 11.6 Å². The number of fused-ring (bicyclic) bond motifs is 1. The average Bonchev–Trinajstić information content (AvgIpc) is 2.76. The maximum absolute atomic E-state index is 13.7. The van der Waals surface area contributed by atoms with Crippen molar-refractivity contribution in [3.05, 3.63) is 94.3 Å². The first-order valence-corrected chi connectivity index (χ1v) is 8.98. The lowest BCUT2D eigenvalue weighted by atomic mass is 10.2. The molecule has 3 aromatic carbocycles. The molecular formula is C23H16F2O5. The van der Waals surface area contributed by atoms with Crippen LogP contribution >= 0.6 is 0 Å². The normalized spacial score (nSPS) is 10.8. The number of ether oxygens (including phenoxy) is 3. The summed E-state index contributed by atoms with van der Waals surface area (Å²) in [5.41, 5.74) is -0.283. The third kappa shape index (κ3) is 3.96. The van der Waals surface area contributed by atoms with E-state index in [1.54, 1.807) is 31.4 Å². The van der Waals surface area contributed by atoms with E-state index in [2.05, 4.69) is 0 Å². The molecule has 1 heterocycles. The summed E-state index contributed by atoms with van der Waals surface area (Å²) >= 11 is 0. The van der Waals surface area contributed by atoms with Crippen LogP contribution in [0.5, 0.6) is 23.0 Å². The van der Waals surface area contributed by atoms with Crippen molar-refractivity contribution >= 4 is 11.0 Å². The molecule has 30 heavy (non-hydrogen) atoms. The lowest BCUT2D eigenvalue weighted by Crippen LogP contribution is -2.05. The molecule has 4 rings (SSSR count). The van der Waals surface area contributed by atoms with Gasteiger partial charge in [0.05, 0.1) is 18.1 Å². The lowest BCUT2D eigenvalue weighted by Gasteiger charge is -2.09. The number of hydrogen-bond acceptors (Lipinski definition) is 5. The van der Waals surface area contributed by atoms with Crippen LogP contribution in [0.2, 0.25) is 0 Å². The average molecular weight is 410 g/mol. The second-order valence-corrected chi connectivity index (χ2v) is 6.35. The summed E-state index contributed by atoms with van der Waals surface area (Å²) in [6, 6.07) is 14.9. The molecule has 0 atom stereocenters. The predicted molar refractivity (Wildman–Crippen MR) is 106 cm³/mol. The van der Waals surface area contributed by atoms with Gasteiger partial charge >= 0.3 is 0 Å². The SMILES string of the molecule is COc1ccc(Oc2coc3cc(OCc4c(F)cccc4F)ccc3c2=O)cc1. The maximum Gasteiger partial charge on any atom is 0.235 e. The van der Waals surface area contributed by atoms with E-state index in [9.17, 15) is 13.6 Å². The number of halogens is 2. The van der Waals surface area contributed by atoms with Gasteiger partial charge in [0.2, 0.25) is 11.2 Å². The van der Waals surface area contributed by atoms with Crippen LogP contribution in [0.25, 0.3) is 11.0 Å². The van der Waals surface area contributed by atoms with Gasteiger partial charge in [-0.25, -0.2) is 8.78 Å². The minimum absolute atomic E-state index is 0.0229. The van der Waals surface area contributed by atoms with Crippen LogP contribution < -0.4 is 19.6 Å². The van der Waals surface area contributed by atoms with Crippen molar-refractivity contribution in [2.75, 3.05) is 7.11 Å². The first-order chi connectivity index (χ1) is 14.5. The van der Waals surface area contributed by atoms with Gasteiger partial charge in [0, 0.05) is 6.07 Å². The van der Waals surface area contributed by atoms with E-state index >= 15 is 0 Å². The van der Waals surface area contributed by atoms with Gasteiger partial charge in [0.1, 0.15) is 47.3 Å². The molecule has 5 nitrogen and oxygen atoms in total. The molecule has 152 valence electrons. The van der Waals surface area contributed by atoms with E-state index in [4.69, 9.17) is 18.6 Å². The second-order valence-electron chi connectivity index (χ2n) is 6.35. The van der Waals surface area contributed by atoms with Crippen molar-refractivity contribution in [3.8, 4) is 23.0 Å². The van der Waals surface area contributed by atoms with Gasteiger partial charge in [-0.15, -0.1) is 0 Å². The fourth-order valence-electron chi connectivity index (χ4n) is 2.85. The molecule has 0 bridgehead atoms. The van der Waals surface area contributed by atoms with E-state index in [1.165, 1.54) is 30.5 Å². The number of benzene rings is 3. The Morgan fingerprint density at radius 3 is 2.27 bits per heavy atom. The van der Waals surface area contributed by atoms with Crippen molar-refractivity contribution in [2.24, 2.45) is 0 Å². The Hall–Kier alpha value is -3.87. The molecule has 1 aromatic heterocycles. The molecule has 0 aliphatic rings. The third-order valence-electron chi connectivity index (χ3n) is 4.45. The first kappa shape index (κ1) is 19.4. The Morgan fingerprint density at radius 1 is 0.900 bits per heavy atom. The third-order valence-corrected chi connectivity index (χ3v) is 4.45. The van der Waals surface area contributed by atoms with Gasteiger partial charge in [-0.1, -0.05) is 6.07 Å². The molecule has 0 spiro atoms. The highest BCUT2D eigenvalue weighted by atomic mass is 19.1. The smallest absolute Gasteiger partial charge is 0.235 e. The van der Waals surface area contributed by atoms with Crippen molar-refractivity contribution < 1.29 is 27.4 Å². The van der Waals surface area contributed by atoms with E-state index in [-0.39, 0.29) is 34.3 Å². The molecule has 0 aliphatic carbocycles. The molecule has 0 N–H and O–H groups in total.